The Morgan fingerprint density at radius 3 is 2.86 bits per heavy atom. The van der Waals surface area contributed by atoms with Crippen LogP contribution in [0.1, 0.15) is 17.3 Å². The maximum absolute atomic E-state index is 11.7. The zero-order valence-corrected chi connectivity index (χ0v) is 8.21. The van der Waals surface area contributed by atoms with Crippen LogP contribution >= 0.6 is 0 Å². The van der Waals surface area contributed by atoms with Crippen LogP contribution in [0.2, 0.25) is 0 Å². The standard InChI is InChI=1S/C9H13N3O2/c1-7(6-13)12(2)9(14)8-3-4-10-11-5-8/h3-5,7,13H,6H2,1-2H3. The molecule has 0 saturated heterocycles. The molecule has 5 heteroatoms. The Bertz CT molecular complexity index is 302. The number of aliphatic hydroxyl groups excluding tert-OH is 1. The molecule has 0 aliphatic carbocycles. The summed E-state index contributed by atoms with van der Waals surface area (Å²) in [6, 6.07) is 1.39. The number of likely N-dealkylation sites (N-methyl/N-ethyl adjacent to an activating group) is 1. The molecule has 0 aliphatic rings. The second kappa shape index (κ2) is 4.66. The lowest BCUT2D eigenvalue weighted by Gasteiger charge is -2.22. The van der Waals surface area contributed by atoms with Crippen LogP contribution < -0.4 is 0 Å². The Balaban J connectivity index is 2.76. The molecule has 1 atom stereocenters. The predicted octanol–water partition coefficient (Wildman–Crippen LogP) is -0.0706. The van der Waals surface area contributed by atoms with E-state index in [2.05, 4.69) is 10.2 Å². The molecule has 0 aromatic carbocycles. The minimum absolute atomic E-state index is 0.0548. The summed E-state index contributed by atoms with van der Waals surface area (Å²) in [5.74, 6) is -0.165. The summed E-state index contributed by atoms with van der Waals surface area (Å²) < 4.78 is 0. The van der Waals surface area contributed by atoms with Crippen LogP contribution in [0.4, 0.5) is 0 Å². The quantitative estimate of drug-likeness (QED) is 0.733. The lowest BCUT2D eigenvalue weighted by Crippen LogP contribution is -2.37. The van der Waals surface area contributed by atoms with Crippen molar-refractivity contribution in [3.8, 4) is 0 Å². The second-order valence-electron chi connectivity index (χ2n) is 3.08. The van der Waals surface area contributed by atoms with Crippen LogP contribution in [0.5, 0.6) is 0 Å². The van der Waals surface area contributed by atoms with E-state index in [1.807, 2.05) is 0 Å². The minimum atomic E-state index is -0.198. The fraction of sp³-hybridized carbons (Fsp3) is 0.444. The van der Waals surface area contributed by atoms with Crippen molar-refractivity contribution in [2.75, 3.05) is 13.7 Å². The zero-order valence-electron chi connectivity index (χ0n) is 8.21. The number of carbonyl (C=O) groups is 1. The highest BCUT2D eigenvalue weighted by Crippen LogP contribution is 2.03. The minimum Gasteiger partial charge on any atom is -0.394 e. The molecule has 1 heterocycles. The maximum atomic E-state index is 11.7. The third-order valence-corrected chi connectivity index (χ3v) is 2.08. The largest absolute Gasteiger partial charge is 0.394 e. The lowest BCUT2D eigenvalue weighted by atomic mass is 10.2. The van der Waals surface area contributed by atoms with Crippen molar-refractivity contribution in [2.24, 2.45) is 0 Å². The van der Waals surface area contributed by atoms with Crippen molar-refractivity contribution in [3.05, 3.63) is 24.0 Å². The van der Waals surface area contributed by atoms with Crippen LogP contribution in [0.25, 0.3) is 0 Å². The first kappa shape index (κ1) is 10.6. The molecule has 1 unspecified atom stereocenters. The van der Waals surface area contributed by atoms with Gasteiger partial charge in [-0.25, -0.2) is 0 Å². The number of rotatable bonds is 3. The van der Waals surface area contributed by atoms with Crippen molar-refractivity contribution in [1.82, 2.24) is 15.1 Å². The highest BCUT2D eigenvalue weighted by Gasteiger charge is 2.16. The topological polar surface area (TPSA) is 66.3 Å². The third-order valence-electron chi connectivity index (χ3n) is 2.08. The van der Waals surface area contributed by atoms with Crippen LogP contribution in [-0.4, -0.2) is 45.8 Å². The molecular weight excluding hydrogens is 182 g/mol. The van der Waals surface area contributed by atoms with Gasteiger partial charge in [-0.15, -0.1) is 0 Å². The van der Waals surface area contributed by atoms with Crippen LogP contribution in [0.15, 0.2) is 18.5 Å². The maximum Gasteiger partial charge on any atom is 0.255 e. The van der Waals surface area contributed by atoms with Gasteiger partial charge in [-0.2, -0.15) is 10.2 Å². The smallest absolute Gasteiger partial charge is 0.255 e. The first-order valence-corrected chi connectivity index (χ1v) is 4.31. The lowest BCUT2D eigenvalue weighted by molar-refractivity contribution is 0.0681. The molecule has 1 rings (SSSR count). The SMILES string of the molecule is CC(CO)N(C)C(=O)c1ccnnc1. The van der Waals surface area contributed by atoms with Crippen LogP contribution in [0, 0.1) is 0 Å². The van der Waals surface area contributed by atoms with Gasteiger partial charge in [0.1, 0.15) is 0 Å². The van der Waals surface area contributed by atoms with E-state index in [9.17, 15) is 4.79 Å². The Kier molecular flexibility index (Phi) is 3.53. The van der Waals surface area contributed by atoms with Gasteiger partial charge in [0, 0.05) is 7.05 Å². The van der Waals surface area contributed by atoms with E-state index in [1.54, 1.807) is 20.0 Å². The van der Waals surface area contributed by atoms with Crippen molar-refractivity contribution in [1.29, 1.82) is 0 Å². The van der Waals surface area contributed by atoms with Gasteiger partial charge in [0.2, 0.25) is 0 Å². The van der Waals surface area contributed by atoms with Gasteiger partial charge in [0.15, 0.2) is 0 Å². The van der Waals surface area contributed by atoms with E-state index in [0.29, 0.717) is 5.56 Å². The van der Waals surface area contributed by atoms with Gasteiger partial charge in [-0.1, -0.05) is 0 Å². The highest BCUT2D eigenvalue weighted by atomic mass is 16.3. The van der Waals surface area contributed by atoms with E-state index < -0.39 is 0 Å². The third kappa shape index (κ3) is 2.26. The van der Waals surface area contributed by atoms with Crippen LogP contribution in [0.3, 0.4) is 0 Å². The van der Waals surface area contributed by atoms with Gasteiger partial charge in [-0.3, -0.25) is 4.79 Å². The summed E-state index contributed by atoms with van der Waals surface area (Å²) in [4.78, 5) is 13.2. The molecule has 1 aromatic heterocycles. The van der Waals surface area contributed by atoms with E-state index >= 15 is 0 Å². The molecule has 1 aromatic rings. The summed E-state index contributed by atoms with van der Waals surface area (Å²) in [6.07, 6.45) is 2.87. The first-order valence-electron chi connectivity index (χ1n) is 4.31. The summed E-state index contributed by atoms with van der Waals surface area (Å²) in [7, 11) is 1.64. The van der Waals surface area contributed by atoms with Crippen molar-refractivity contribution < 1.29 is 9.90 Å². The van der Waals surface area contributed by atoms with Gasteiger partial charge >= 0.3 is 0 Å². The molecule has 76 valence electrons. The molecule has 0 spiro atoms. The first-order chi connectivity index (χ1) is 6.66. The number of aromatic nitrogens is 2. The molecular formula is C9H13N3O2. The summed E-state index contributed by atoms with van der Waals surface area (Å²) in [6.45, 7) is 1.72. The Morgan fingerprint density at radius 1 is 1.64 bits per heavy atom. The van der Waals surface area contributed by atoms with Crippen molar-refractivity contribution in [2.45, 2.75) is 13.0 Å². The van der Waals surface area contributed by atoms with Gasteiger partial charge in [0.05, 0.1) is 30.6 Å². The number of hydrogen-bond acceptors (Lipinski definition) is 4. The van der Waals surface area contributed by atoms with E-state index in [4.69, 9.17) is 5.11 Å². The van der Waals surface area contributed by atoms with E-state index in [1.165, 1.54) is 17.3 Å². The van der Waals surface area contributed by atoms with Gasteiger partial charge < -0.3 is 10.0 Å². The van der Waals surface area contributed by atoms with Crippen molar-refractivity contribution >= 4 is 5.91 Å². The normalized spacial score (nSPS) is 12.2. The summed E-state index contributed by atoms with van der Waals surface area (Å²) >= 11 is 0. The molecule has 0 fully saturated rings. The summed E-state index contributed by atoms with van der Waals surface area (Å²) in [5.41, 5.74) is 0.475. The number of aliphatic hydroxyl groups is 1. The van der Waals surface area contributed by atoms with E-state index in [-0.39, 0.29) is 18.6 Å². The molecule has 1 amide bonds. The number of hydrogen-bond donors (Lipinski definition) is 1. The highest BCUT2D eigenvalue weighted by molar-refractivity contribution is 5.93. The fourth-order valence-corrected chi connectivity index (χ4v) is 0.943. The van der Waals surface area contributed by atoms with Crippen LogP contribution in [-0.2, 0) is 0 Å². The monoisotopic (exact) mass is 195 g/mol. The molecule has 0 radical (unpaired) electrons. The Hall–Kier alpha value is -1.49. The molecule has 0 aliphatic heterocycles. The molecule has 0 bridgehead atoms. The molecule has 1 N–H and O–H groups in total. The number of amides is 1. The predicted molar refractivity (Wildman–Crippen MR) is 50.7 cm³/mol. The molecule has 14 heavy (non-hydrogen) atoms. The van der Waals surface area contributed by atoms with Gasteiger partial charge in [0.25, 0.3) is 5.91 Å². The average molecular weight is 195 g/mol. The fourth-order valence-electron chi connectivity index (χ4n) is 0.943. The Labute approximate surface area is 82.4 Å². The zero-order chi connectivity index (χ0) is 10.6. The van der Waals surface area contributed by atoms with Gasteiger partial charge in [-0.05, 0) is 13.0 Å². The molecule has 5 nitrogen and oxygen atoms in total. The number of nitrogens with zero attached hydrogens (tertiary/aromatic N) is 3. The van der Waals surface area contributed by atoms with E-state index in [0.717, 1.165) is 0 Å². The van der Waals surface area contributed by atoms with Crippen molar-refractivity contribution in [3.63, 3.8) is 0 Å². The molecule has 0 saturated carbocycles. The Morgan fingerprint density at radius 2 is 2.36 bits per heavy atom. The number of carbonyl (C=O) groups excluding carboxylic acids is 1. The average Bonchev–Trinajstić information content (AvgIpc) is 2.27. The second-order valence-corrected chi connectivity index (χ2v) is 3.08. The summed E-state index contributed by atoms with van der Waals surface area (Å²) in [5, 5.41) is 16.1.